The number of nitriles is 1. The van der Waals surface area contributed by atoms with Gasteiger partial charge in [-0.3, -0.25) is 9.59 Å². The predicted octanol–water partition coefficient (Wildman–Crippen LogP) is 2.92. The van der Waals surface area contributed by atoms with Crippen molar-refractivity contribution in [2.24, 2.45) is 0 Å². The number of thioether (sulfide) groups is 1. The van der Waals surface area contributed by atoms with Crippen LogP contribution in [0.25, 0.3) is 0 Å². The molecule has 0 radical (unpaired) electrons. The summed E-state index contributed by atoms with van der Waals surface area (Å²) in [6, 6.07) is 15.2. The molecule has 0 aliphatic rings. The molecular weight excluding hydrogens is 390 g/mol. The molecule has 0 saturated carbocycles. The summed E-state index contributed by atoms with van der Waals surface area (Å²) in [4.78, 5) is 38.8. The van der Waals surface area contributed by atoms with Gasteiger partial charge in [0.1, 0.15) is 0 Å². The van der Waals surface area contributed by atoms with E-state index < -0.39 is 18.0 Å². The molecule has 0 fully saturated rings. The Balaban J connectivity index is 2.02. The van der Waals surface area contributed by atoms with Crippen molar-refractivity contribution in [3.8, 4) is 6.07 Å². The topological polar surface area (TPSA) is 99.5 Å². The van der Waals surface area contributed by atoms with Crippen LogP contribution in [0.4, 0.5) is 5.69 Å². The lowest BCUT2D eigenvalue weighted by Gasteiger charge is -2.15. The first-order valence-electron chi connectivity index (χ1n) is 8.75. The Morgan fingerprint density at radius 1 is 1.17 bits per heavy atom. The van der Waals surface area contributed by atoms with Crippen LogP contribution < -0.4 is 5.32 Å². The summed E-state index contributed by atoms with van der Waals surface area (Å²) in [5.74, 6) is -1.06. The Kier molecular flexibility index (Phi) is 7.80. The average molecular weight is 411 g/mol. The van der Waals surface area contributed by atoms with Crippen LogP contribution in [-0.2, 0) is 14.3 Å². The first-order chi connectivity index (χ1) is 13.8. The quantitative estimate of drug-likeness (QED) is 0.555. The number of carbonyl (C=O) groups excluding carboxylic acids is 3. The molecule has 0 unspecified atom stereocenters. The molecule has 29 heavy (non-hydrogen) atoms. The van der Waals surface area contributed by atoms with E-state index in [4.69, 9.17) is 10.00 Å². The highest BCUT2D eigenvalue weighted by atomic mass is 32.2. The molecule has 0 saturated heterocycles. The van der Waals surface area contributed by atoms with E-state index in [1.807, 2.05) is 6.07 Å². The number of hydrogen-bond acceptors (Lipinski definition) is 6. The Bertz CT molecular complexity index is 953. The number of nitrogens with zero attached hydrogens (tertiary/aromatic N) is 2. The minimum atomic E-state index is -1.05. The van der Waals surface area contributed by atoms with Gasteiger partial charge >= 0.3 is 5.97 Å². The molecule has 2 aromatic carbocycles. The van der Waals surface area contributed by atoms with E-state index in [0.29, 0.717) is 16.1 Å². The monoisotopic (exact) mass is 411 g/mol. The first-order valence-corrected chi connectivity index (χ1v) is 9.74. The minimum Gasteiger partial charge on any atom is -0.449 e. The fraction of sp³-hybridized carbons (Fsp3) is 0.238. The lowest BCUT2D eigenvalue weighted by Crippen LogP contribution is -2.30. The predicted molar refractivity (Wildman–Crippen MR) is 111 cm³/mol. The summed E-state index contributed by atoms with van der Waals surface area (Å²) in [7, 11) is 3.32. The van der Waals surface area contributed by atoms with Crippen LogP contribution in [0.1, 0.15) is 22.8 Å². The van der Waals surface area contributed by atoms with Gasteiger partial charge in [0, 0.05) is 24.7 Å². The van der Waals surface area contributed by atoms with Gasteiger partial charge in [0.05, 0.1) is 22.9 Å². The molecule has 150 valence electrons. The summed E-state index contributed by atoms with van der Waals surface area (Å²) in [6.07, 6.45) is -1.05. The molecule has 7 nitrogen and oxygen atoms in total. The van der Waals surface area contributed by atoms with Crippen molar-refractivity contribution < 1.29 is 19.1 Å². The molecule has 2 rings (SSSR count). The summed E-state index contributed by atoms with van der Waals surface area (Å²) in [5, 5.41) is 11.5. The van der Waals surface area contributed by atoms with Gasteiger partial charge in [0.15, 0.2) is 6.10 Å². The van der Waals surface area contributed by atoms with E-state index in [0.717, 1.165) is 0 Å². The van der Waals surface area contributed by atoms with Crippen molar-refractivity contribution in [1.82, 2.24) is 4.90 Å². The molecule has 0 aliphatic carbocycles. The van der Waals surface area contributed by atoms with Crippen LogP contribution in [0.3, 0.4) is 0 Å². The second kappa shape index (κ2) is 10.3. The normalized spacial score (nSPS) is 11.1. The Morgan fingerprint density at radius 3 is 2.59 bits per heavy atom. The minimum absolute atomic E-state index is 0.0782. The molecule has 2 aromatic rings. The van der Waals surface area contributed by atoms with Crippen LogP contribution in [0.15, 0.2) is 53.4 Å². The largest absolute Gasteiger partial charge is 0.449 e. The van der Waals surface area contributed by atoms with Crippen molar-refractivity contribution >= 4 is 35.2 Å². The molecular formula is C21H21N3O4S. The third-order valence-corrected chi connectivity index (χ3v) is 4.93. The lowest BCUT2D eigenvalue weighted by molar-refractivity contribution is -0.126. The van der Waals surface area contributed by atoms with E-state index in [2.05, 4.69) is 5.32 Å². The van der Waals surface area contributed by atoms with Crippen molar-refractivity contribution in [3.05, 3.63) is 59.7 Å². The van der Waals surface area contributed by atoms with E-state index in [1.165, 1.54) is 29.7 Å². The number of nitrogens with one attached hydrogen (secondary N) is 1. The van der Waals surface area contributed by atoms with Gasteiger partial charge in [-0.2, -0.15) is 5.26 Å². The highest BCUT2D eigenvalue weighted by molar-refractivity contribution is 8.00. The van der Waals surface area contributed by atoms with Crippen molar-refractivity contribution in [2.75, 3.05) is 25.2 Å². The second-order valence-electron chi connectivity index (χ2n) is 6.30. The van der Waals surface area contributed by atoms with Gasteiger partial charge in [-0.1, -0.05) is 18.2 Å². The molecule has 0 aliphatic heterocycles. The third kappa shape index (κ3) is 6.36. The number of esters is 1. The summed E-state index contributed by atoms with van der Waals surface area (Å²) >= 11 is 1.23. The van der Waals surface area contributed by atoms with E-state index >= 15 is 0 Å². The van der Waals surface area contributed by atoms with Gasteiger partial charge in [-0.05, 0) is 37.3 Å². The van der Waals surface area contributed by atoms with Crippen LogP contribution >= 0.6 is 11.8 Å². The van der Waals surface area contributed by atoms with Gasteiger partial charge in [-0.25, -0.2) is 4.79 Å². The number of anilines is 1. The van der Waals surface area contributed by atoms with Gasteiger partial charge < -0.3 is 15.0 Å². The van der Waals surface area contributed by atoms with E-state index in [1.54, 1.807) is 56.6 Å². The highest BCUT2D eigenvalue weighted by Gasteiger charge is 2.21. The molecule has 0 spiro atoms. The van der Waals surface area contributed by atoms with Crippen LogP contribution in [0, 0.1) is 11.3 Å². The molecule has 0 aromatic heterocycles. The van der Waals surface area contributed by atoms with Crippen LogP contribution in [0.2, 0.25) is 0 Å². The number of amides is 2. The maximum atomic E-state index is 12.6. The molecule has 1 N–H and O–H groups in total. The molecule has 0 heterocycles. The second-order valence-corrected chi connectivity index (χ2v) is 7.32. The Labute approximate surface area is 173 Å². The zero-order valence-electron chi connectivity index (χ0n) is 16.3. The number of ether oxygens (including phenoxy) is 1. The SMILES string of the molecule is C[C@H](OC(=O)c1ccccc1SCC(=O)N(C)C)C(=O)Nc1cccc(C#N)c1. The van der Waals surface area contributed by atoms with Crippen LogP contribution in [0.5, 0.6) is 0 Å². The summed E-state index contributed by atoms with van der Waals surface area (Å²) < 4.78 is 5.30. The number of rotatable bonds is 7. The molecule has 8 heteroatoms. The maximum Gasteiger partial charge on any atom is 0.340 e. The highest BCUT2D eigenvalue weighted by Crippen LogP contribution is 2.24. The Hall–Kier alpha value is -3.31. The van der Waals surface area contributed by atoms with Crippen LogP contribution in [-0.4, -0.2) is 48.6 Å². The lowest BCUT2D eigenvalue weighted by atomic mass is 10.2. The van der Waals surface area contributed by atoms with E-state index in [9.17, 15) is 14.4 Å². The molecule has 1 atom stereocenters. The maximum absolute atomic E-state index is 12.6. The molecule has 0 bridgehead atoms. The Morgan fingerprint density at radius 2 is 1.90 bits per heavy atom. The number of benzene rings is 2. The number of carbonyl (C=O) groups is 3. The van der Waals surface area contributed by atoms with Gasteiger partial charge in [0.25, 0.3) is 5.91 Å². The average Bonchev–Trinajstić information content (AvgIpc) is 2.72. The van der Waals surface area contributed by atoms with Crippen molar-refractivity contribution in [3.63, 3.8) is 0 Å². The standard InChI is InChI=1S/C21H21N3O4S/c1-14(20(26)23-16-8-6-7-15(11-16)12-22)28-21(27)17-9-4-5-10-18(17)29-13-19(25)24(2)3/h4-11,14H,13H2,1-3H3,(H,23,26)/t14-/m0/s1. The van der Waals surface area contributed by atoms with Crippen molar-refractivity contribution in [1.29, 1.82) is 5.26 Å². The van der Waals surface area contributed by atoms with Crippen molar-refractivity contribution in [2.45, 2.75) is 17.9 Å². The fourth-order valence-corrected chi connectivity index (χ4v) is 3.24. The smallest absolute Gasteiger partial charge is 0.340 e. The zero-order chi connectivity index (χ0) is 21.4. The third-order valence-electron chi connectivity index (χ3n) is 3.87. The summed E-state index contributed by atoms with van der Waals surface area (Å²) in [6.45, 7) is 1.46. The number of hydrogen-bond donors (Lipinski definition) is 1. The summed E-state index contributed by atoms with van der Waals surface area (Å²) in [5.41, 5.74) is 1.14. The van der Waals surface area contributed by atoms with E-state index in [-0.39, 0.29) is 17.2 Å². The fourth-order valence-electron chi connectivity index (χ4n) is 2.22. The first kappa shape index (κ1) is 22.0. The zero-order valence-corrected chi connectivity index (χ0v) is 17.2. The molecule has 2 amide bonds. The van der Waals surface area contributed by atoms with Gasteiger partial charge in [-0.15, -0.1) is 11.8 Å². The van der Waals surface area contributed by atoms with Gasteiger partial charge in [0.2, 0.25) is 5.91 Å².